The summed E-state index contributed by atoms with van der Waals surface area (Å²) in [7, 11) is -3.67. The molecule has 1 aromatic carbocycles. The number of halogens is 2. The van der Waals surface area contributed by atoms with Crippen molar-refractivity contribution >= 4 is 43.5 Å². The molecule has 0 bridgehead atoms. The molecule has 10 nitrogen and oxygen atoms in total. The fourth-order valence-electron chi connectivity index (χ4n) is 3.14. The monoisotopic (exact) mass is 489 g/mol. The van der Waals surface area contributed by atoms with E-state index in [1.807, 2.05) is 0 Å². The van der Waals surface area contributed by atoms with E-state index in [1.165, 1.54) is 18.2 Å². The molecule has 13 heteroatoms. The van der Waals surface area contributed by atoms with Crippen LogP contribution in [0.4, 0.5) is 15.9 Å². The first-order chi connectivity index (χ1) is 13.7. The van der Waals surface area contributed by atoms with Gasteiger partial charge in [-0.05, 0) is 76.0 Å². The van der Waals surface area contributed by atoms with E-state index in [0.29, 0.717) is 18.1 Å². The number of nitrogens with two attached hydrogens (primary N) is 2. The molecule has 0 aliphatic heterocycles. The number of anilines is 1. The van der Waals surface area contributed by atoms with Crippen LogP contribution < -0.4 is 20.9 Å². The smallest absolute Gasteiger partial charge is 0.274 e. The van der Waals surface area contributed by atoms with E-state index >= 15 is 0 Å². The summed E-state index contributed by atoms with van der Waals surface area (Å²) < 4.78 is 42.8. The van der Waals surface area contributed by atoms with Crippen molar-refractivity contribution in [1.29, 1.82) is 0 Å². The third-order valence-corrected chi connectivity index (χ3v) is 5.82. The lowest BCUT2D eigenvalue weighted by molar-refractivity contribution is 0.305. The minimum Gasteiger partial charge on any atom is -0.382 e. The Morgan fingerprint density at radius 1 is 1.31 bits per heavy atom. The largest absolute Gasteiger partial charge is 0.382 e. The Morgan fingerprint density at radius 2 is 2.03 bits per heavy atom. The molecule has 2 aromatic rings. The van der Waals surface area contributed by atoms with Crippen molar-refractivity contribution in [3.05, 3.63) is 34.2 Å². The van der Waals surface area contributed by atoms with Gasteiger partial charge in [-0.15, -0.1) is 0 Å². The standard InChI is InChI=1S/C16H21BrFN7O3S/c17-12-7-11(5-6-13(12)18)22-15(19)14-16(25-28-24-14)23-10-3-1-9(2-4-10)8-21-29(20,26)27/h5-7,9-10,21H,1-4,8H2,(H2,19,22)(H,23,25)(H2,20,26,27). The molecule has 158 valence electrons. The number of aromatic nitrogens is 2. The summed E-state index contributed by atoms with van der Waals surface area (Å²) in [4.78, 5) is 4.23. The van der Waals surface area contributed by atoms with Crippen molar-refractivity contribution in [2.75, 3.05) is 11.9 Å². The molecule has 0 spiro atoms. The topological polar surface area (TPSA) is 162 Å². The number of amidine groups is 1. The van der Waals surface area contributed by atoms with Crippen LogP contribution in [0.25, 0.3) is 0 Å². The Labute approximate surface area is 175 Å². The number of nitrogens with zero attached hydrogens (tertiary/aromatic N) is 3. The Kier molecular flexibility index (Phi) is 6.82. The number of benzene rings is 1. The third-order valence-electron chi connectivity index (χ3n) is 4.64. The molecule has 29 heavy (non-hydrogen) atoms. The van der Waals surface area contributed by atoms with Gasteiger partial charge in [-0.1, -0.05) is 0 Å². The second-order valence-corrected chi connectivity index (χ2v) is 9.05. The van der Waals surface area contributed by atoms with Gasteiger partial charge in [0.15, 0.2) is 11.5 Å². The first kappa shape index (κ1) is 21.6. The van der Waals surface area contributed by atoms with E-state index in [1.54, 1.807) is 0 Å². The van der Waals surface area contributed by atoms with Crippen molar-refractivity contribution in [3.8, 4) is 0 Å². The molecule has 1 fully saturated rings. The fourth-order valence-corrected chi connectivity index (χ4v) is 3.97. The molecule has 0 saturated heterocycles. The van der Waals surface area contributed by atoms with Crippen LogP contribution in [0.3, 0.4) is 0 Å². The minimum absolute atomic E-state index is 0.0818. The Morgan fingerprint density at radius 3 is 2.69 bits per heavy atom. The highest BCUT2D eigenvalue weighted by Gasteiger charge is 2.24. The van der Waals surface area contributed by atoms with E-state index in [0.717, 1.165) is 25.7 Å². The highest BCUT2D eigenvalue weighted by molar-refractivity contribution is 9.10. The Balaban J connectivity index is 1.61. The maximum Gasteiger partial charge on any atom is 0.274 e. The van der Waals surface area contributed by atoms with Gasteiger partial charge in [-0.25, -0.2) is 23.9 Å². The molecule has 1 aromatic heterocycles. The summed E-state index contributed by atoms with van der Waals surface area (Å²) in [5.41, 5.74) is 6.75. The van der Waals surface area contributed by atoms with Gasteiger partial charge in [-0.2, -0.15) is 8.42 Å². The van der Waals surface area contributed by atoms with Gasteiger partial charge < -0.3 is 11.1 Å². The molecule has 0 radical (unpaired) electrons. The Bertz CT molecular complexity index is 990. The van der Waals surface area contributed by atoms with E-state index in [9.17, 15) is 12.8 Å². The minimum atomic E-state index is -3.67. The number of rotatable bonds is 7. The number of nitrogens with one attached hydrogen (secondary N) is 2. The van der Waals surface area contributed by atoms with Crippen molar-refractivity contribution in [1.82, 2.24) is 15.0 Å². The zero-order valence-electron chi connectivity index (χ0n) is 15.3. The highest BCUT2D eigenvalue weighted by Crippen LogP contribution is 2.27. The van der Waals surface area contributed by atoms with Crippen molar-refractivity contribution < 1.29 is 17.4 Å². The fraction of sp³-hybridized carbons (Fsp3) is 0.438. The second kappa shape index (κ2) is 9.15. The summed E-state index contributed by atoms with van der Waals surface area (Å²) in [6.07, 6.45) is 3.28. The van der Waals surface area contributed by atoms with Gasteiger partial charge in [0.05, 0.1) is 10.2 Å². The zero-order chi connectivity index (χ0) is 21.0. The highest BCUT2D eigenvalue weighted by atomic mass is 79.9. The maximum atomic E-state index is 13.4. The lowest BCUT2D eigenvalue weighted by Crippen LogP contribution is -2.37. The van der Waals surface area contributed by atoms with Crippen LogP contribution in [0.5, 0.6) is 0 Å². The average molecular weight is 490 g/mol. The van der Waals surface area contributed by atoms with Crippen LogP contribution in [-0.2, 0) is 10.2 Å². The molecule has 1 aliphatic rings. The van der Waals surface area contributed by atoms with Crippen molar-refractivity contribution in [2.24, 2.45) is 21.8 Å². The predicted molar refractivity (Wildman–Crippen MR) is 109 cm³/mol. The van der Waals surface area contributed by atoms with Gasteiger partial charge in [0, 0.05) is 12.6 Å². The van der Waals surface area contributed by atoms with Gasteiger partial charge in [0.25, 0.3) is 10.2 Å². The SMILES string of the molecule is NC(=Nc1ccc(F)c(Br)c1)c1nonc1NC1CCC(CNS(N)(=O)=O)CC1. The molecule has 1 heterocycles. The zero-order valence-corrected chi connectivity index (χ0v) is 17.7. The molecule has 6 N–H and O–H groups in total. The molecule has 0 unspecified atom stereocenters. The second-order valence-electron chi connectivity index (χ2n) is 6.81. The van der Waals surface area contributed by atoms with Crippen LogP contribution in [0.15, 0.2) is 32.3 Å². The van der Waals surface area contributed by atoms with Gasteiger partial charge in [0.2, 0.25) is 5.82 Å². The molecule has 0 atom stereocenters. The van der Waals surface area contributed by atoms with E-state index in [2.05, 4.69) is 41.3 Å². The van der Waals surface area contributed by atoms with Gasteiger partial charge in [-0.3, -0.25) is 0 Å². The summed E-state index contributed by atoms with van der Waals surface area (Å²) in [6.45, 7) is 0.329. The normalized spacial score (nSPS) is 20.6. The molecule has 1 saturated carbocycles. The summed E-state index contributed by atoms with van der Waals surface area (Å²) >= 11 is 3.10. The van der Waals surface area contributed by atoms with E-state index < -0.39 is 16.0 Å². The molecule has 3 rings (SSSR count). The average Bonchev–Trinajstić information content (AvgIpc) is 3.12. The summed E-state index contributed by atoms with van der Waals surface area (Å²) in [6, 6.07) is 4.38. The van der Waals surface area contributed by atoms with Crippen LogP contribution >= 0.6 is 15.9 Å². The van der Waals surface area contributed by atoms with Crippen LogP contribution in [0.2, 0.25) is 0 Å². The quantitative estimate of drug-likeness (QED) is 0.340. The van der Waals surface area contributed by atoms with Crippen molar-refractivity contribution in [2.45, 2.75) is 31.7 Å². The number of hydrogen-bond acceptors (Lipinski definition) is 7. The first-order valence-corrected chi connectivity index (χ1v) is 11.2. The Hall–Kier alpha value is -2.09. The van der Waals surface area contributed by atoms with E-state index in [-0.39, 0.29) is 28.0 Å². The lowest BCUT2D eigenvalue weighted by Gasteiger charge is -2.28. The summed E-state index contributed by atoms with van der Waals surface area (Å²) in [5.74, 6) is 0.282. The van der Waals surface area contributed by atoms with Gasteiger partial charge in [0.1, 0.15) is 5.82 Å². The van der Waals surface area contributed by atoms with E-state index in [4.69, 9.17) is 15.5 Å². The van der Waals surface area contributed by atoms with Gasteiger partial charge >= 0.3 is 0 Å². The number of hydrogen-bond donors (Lipinski definition) is 4. The third kappa shape index (κ3) is 6.19. The van der Waals surface area contributed by atoms with Crippen LogP contribution in [0, 0.1) is 11.7 Å². The number of aliphatic imine (C=N–C) groups is 1. The maximum absolute atomic E-state index is 13.4. The molecule has 1 aliphatic carbocycles. The lowest BCUT2D eigenvalue weighted by atomic mass is 9.86. The molecular weight excluding hydrogens is 469 g/mol. The first-order valence-electron chi connectivity index (χ1n) is 8.87. The summed E-state index contributed by atoms with van der Waals surface area (Å²) in [5, 5.41) is 15.9. The van der Waals surface area contributed by atoms with Crippen LogP contribution in [-0.4, -0.2) is 37.2 Å². The van der Waals surface area contributed by atoms with Crippen molar-refractivity contribution in [3.63, 3.8) is 0 Å². The molecular formula is C16H21BrFN7O3S. The molecule has 0 amide bonds. The predicted octanol–water partition coefficient (Wildman–Crippen LogP) is 1.77. The van der Waals surface area contributed by atoms with Crippen LogP contribution in [0.1, 0.15) is 31.4 Å².